The van der Waals surface area contributed by atoms with Gasteiger partial charge in [0.05, 0.1) is 9.16 Å². The molecule has 1 unspecified atom stereocenters. The molecule has 0 saturated heterocycles. The standard InChI is InChI=1S/C17H19Br2ClS/c1-9(2)11-5-6-12(13(7-11)10(3)4)16(20)15-8-14(18)17(19)21-15/h5-10,16H,1-4H3. The van der Waals surface area contributed by atoms with Crippen molar-refractivity contribution in [2.45, 2.75) is 44.9 Å². The molecular weight excluding hydrogens is 432 g/mol. The van der Waals surface area contributed by atoms with Crippen molar-refractivity contribution in [3.63, 3.8) is 0 Å². The molecule has 1 aromatic heterocycles. The highest BCUT2D eigenvalue weighted by Gasteiger charge is 2.20. The first-order chi connectivity index (χ1) is 9.81. The molecular formula is C17H19Br2ClS. The van der Waals surface area contributed by atoms with Crippen molar-refractivity contribution in [2.24, 2.45) is 0 Å². The number of hydrogen-bond acceptors (Lipinski definition) is 1. The summed E-state index contributed by atoms with van der Waals surface area (Å²) in [5.74, 6) is 1.00. The fraction of sp³-hybridized carbons (Fsp3) is 0.412. The van der Waals surface area contributed by atoms with E-state index in [1.54, 1.807) is 11.3 Å². The SMILES string of the molecule is CC(C)c1ccc(C(Cl)c2cc(Br)c(Br)s2)c(C(C)C)c1. The summed E-state index contributed by atoms with van der Waals surface area (Å²) in [5.41, 5.74) is 3.94. The van der Waals surface area contributed by atoms with E-state index in [1.807, 2.05) is 0 Å². The fourth-order valence-corrected chi connectivity index (χ4v) is 4.81. The van der Waals surface area contributed by atoms with E-state index >= 15 is 0 Å². The van der Waals surface area contributed by atoms with Crippen molar-refractivity contribution in [1.29, 1.82) is 0 Å². The molecule has 1 aromatic carbocycles. The van der Waals surface area contributed by atoms with Gasteiger partial charge in [0, 0.05) is 9.35 Å². The number of hydrogen-bond donors (Lipinski definition) is 0. The molecule has 4 heteroatoms. The van der Waals surface area contributed by atoms with Gasteiger partial charge in [-0.05, 0) is 66.5 Å². The van der Waals surface area contributed by atoms with Crippen LogP contribution in [0.15, 0.2) is 32.5 Å². The normalized spacial score (nSPS) is 13.2. The second-order valence-corrected chi connectivity index (χ2v) is 9.52. The lowest BCUT2D eigenvalue weighted by Crippen LogP contribution is -2.02. The van der Waals surface area contributed by atoms with E-state index in [-0.39, 0.29) is 5.38 Å². The molecule has 2 rings (SSSR count). The van der Waals surface area contributed by atoms with Crippen molar-refractivity contribution in [1.82, 2.24) is 0 Å². The maximum atomic E-state index is 6.77. The third-order valence-corrected chi connectivity index (χ3v) is 7.51. The van der Waals surface area contributed by atoms with Crippen LogP contribution >= 0.6 is 54.8 Å². The molecule has 0 radical (unpaired) electrons. The Hall–Kier alpha value is 0.170. The predicted octanol–water partition coefficient (Wildman–Crippen LogP) is 7.85. The van der Waals surface area contributed by atoms with Gasteiger partial charge in [-0.2, -0.15) is 0 Å². The molecule has 0 bridgehead atoms. The summed E-state index contributed by atoms with van der Waals surface area (Å²) < 4.78 is 2.16. The van der Waals surface area contributed by atoms with Gasteiger partial charge >= 0.3 is 0 Å². The minimum Gasteiger partial charge on any atom is -0.130 e. The van der Waals surface area contributed by atoms with E-state index < -0.39 is 0 Å². The van der Waals surface area contributed by atoms with Crippen LogP contribution in [-0.2, 0) is 0 Å². The average Bonchev–Trinajstić information content (AvgIpc) is 2.77. The monoisotopic (exact) mass is 448 g/mol. The van der Waals surface area contributed by atoms with Gasteiger partial charge in [-0.3, -0.25) is 0 Å². The maximum Gasteiger partial charge on any atom is 0.0931 e. The third-order valence-electron chi connectivity index (χ3n) is 3.59. The Kier molecular flexibility index (Phi) is 5.98. The van der Waals surface area contributed by atoms with Crippen molar-refractivity contribution < 1.29 is 0 Å². The number of halogens is 3. The molecule has 21 heavy (non-hydrogen) atoms. The molecule has 2 aromatic rings. The minimum atomic E-state index is -0.101. The van der Waals surface area contributed by atoms with Crippen LogP contribution in [0.2, 0.25) is 0 Å². The molecule has 0 nitrogen and oxygen atoms in total. The van der Waals surface area contributed by atoms with Crippen LogP contribution in [0.4, 0.5) is 0 Å². The summed E-state index contributed by atoms with van der Waals surface area (Å²) in [7, 11) is 0. The lowest BCUT2D eigenvalue weighted by Gasteiger charge is -2.19. The Morgan fingerprint density at radius 3 is 2.10 bits per heavy atom. The van der Waals surface area contributed by atoms with Crippen LogP contribution in [0.3, 0.4) is 0 Å². The molecule has 0 aliphatic carbocycles. The third kappa shape index (κ3) is 3.93. The summed E-state index contributed by atoms with van der Waals surface area (Å²) in [6, 6.07) is 8.83. The Morgan fingerprint density at radius 1 is 0.952 bits per heavy atom. The lowest BCUT2D eigenvalue weighted by molar-refractivity contribution is 0.819. The van der Waals surface area contributed by atoms with E-state index in [1.165, 1.54) is 16.7 Å². The second-order valence-electron chi connectivity index (χ2n) is 5.83. The van der Waals surface area contributed by atoms with E-state index in [0.29, 0.717) is 11.8 Å². The van der Waals surface area contributed by atoms with Crippen molar-refractivity contribution in [2.75, 3.05) is 0 Å². The zero-order chi connectivity index (χ0) is 15.7. The molecule has 0 saturated carbocycles. The zero-order valence-corrected chi connectivity index (χ0v) is 17.3. The molecule has 0 spiro atoms. The van der Waals surface area contributed by atoms with Crippen LogP contribution < -0.4 is 0 Å². The Morgan fingerprint density at radius 2 is 1.62 bits per heavy atom. The molecule has 0 aliphatic rings. The van der Waals surface area contributed by atoms with Crippen molar-refractivity contribution >= 4 is 54.8 Å². The van der Waals surface area contributed by atoms with Crippen LogP contribution in [-0.4, -0.2) is 0 Å². The number of rotatable bonds is 4. The Balaban J connectivity index is 2.47. The summed E-state index contributed by atoms with van der Waals surface area (Å²) in [6.07, 6.45) is 0. The van der Waals surface area contributed by atoms with Crippen molar-refractivity contribution in [3.8, 4) is 0 Å². The highest BCUT2D eigenvalue weighted by atomic mass is 79.9. The average molecular weight is 451 g/mol. The van der Waals surface area contributed by atoms with Gasteiger partial charge in [0.25, 0.3) is 0 Å². The molecule has 0 aliphatic heterocycles. The van der Waals surface area contributed by atoms with Crippen LogP contribution in [0, 0.1) is 0 Å². The summed E-state index contributed by atoms with van der Waals surface area (Å²) >= 11 is 15.5. The van der Waals surface area contributed by atoms with Gasteiger partial charge in [0.1, 0.15) is 0 Å². The Labute approximate surface area is 153 Å². The minimum absolute atomic E-state index is 0.101. The zero-order valence-electron chi connectivity index (χ0n) is 12.6. The lowest BCUT2D eigenvalue weighted by atomic mass is 9.90. The summed E-state index contributed by atoms with van der Waals surface area (Å²) in [4.78, 5) is 1.16. The van der Waals surface area contributed by atoms with Crippen molar-refractivity contribution in [3.05, 3.63) is 54.1 Å². The largest absolute Gasteiger partial charge is 0.130 e. The summed E-state index contributed by atoms with van der Waals surface area (Å²) in [6.45, 7) is 8.91. The summed E-state index contributed by atoms with van der Waals surface area (Å²) in [5, 5.41) is -0.101. The van der Waals surface area contributed by atoms with Crippen LogP contribution in [0.1, 0.15) is 66.5 Å². The van der Waals surface area contributed by atoms with E-state index in [2.05, 4.69) is 83.8 Å². The van der Waals surface area contributed by atoms with Gasteiger partial charge in [0.2, 0.25) is 0 Å². The van der Waals surface area contributed by atoms with E-state index in [4.69, 9.17) is 11.6 Å². The first kappa shape index (κ1) is 17.5. The van der Waals surface area contributed by atoms with Gasteiger partial charge < -0.3 is 0 Å². The first-order valence-corrected chi connectivity index (χ1v) is 9.87. The van der Waals surface area contributed by atoms with Gasteiger partial charge in [0.15, 0.2) is 0 Å². The topological polar surface area (TPSA) is 0 Å². The first-order valence-electron chi connectivity index (χ1n) is 7.03. The predicted molar refractivity (Wildman–Crippen MR) is 102 cm³/mol. The van der Waals surface area contributed by atoms with Gasteiger partial charge in [-0.25, -0.2) is 0 Å². The smallest absolute Gasteiger partial charge is 0.0931 e. The molecule has 1 atom stereocenters. The quantitative estimate of drug-likeness (QED) is 0.416. The molecule has 114 valence electrons. The van der Waals surface area contributed by atoms with E-state index in [9.17, 15) is 0 Å². The number of alkyl halides is 1. The highest BCUT2D eigenvalue weighted by molar-refractivity contribution is 9.13. The maximum absolute atomic E-state index is 6.77. The van der Waals surface area contributed by atoms with Crippen LogP contribution in [0.25, 0.3) is 0 Å². The highest BCUT2D eigenvalue weighted by Crippen LogP contribution is 2.42. The van der Waals surface area contributed by atoms with E-state index in [0.717, 1.165) is 13.1 Å². The molecule has 0 amide bonds. The number of benzene rings is 1. The molecule has 1 heterocycles. The molecule has 0 fully saturated rings. The van der Waals surface area contributed by atoms with Gasteiger partial charge in [-0.15, -0.1) is 22.9 Å². The Bertz CT molecular complexity index is 612. The fourth-order valence-electron chi connectivity index (χ4n) is 2.32. The second kappa shape index (κ2) is 7.16. The number of thiophene rings is 1. The molecule has 0 N–H and O–H groups in total. The van der Waals surface area contributed by atoms with Crippen LogP contribution in [0.5, 0.6) is 0 Å². The van der Waals surface area contributed by atoms with Gasteiger partial charge in [-0.1, -0.05) is 45.9 Å².